The number of carbonyl (C=O) groups excluding carboxylic acids is 1. The van der Waals surface area contributed by atoms with E-state index in [1.165, 1.54) is 17.7 Å². The smallest absolute Gasteiger partial charge is 0.318 e. The number of benzene rings is 2. The standard InChI is InChI=1S/C24H24F3N3O/c25-18-7-5-17(6-8-18)20-19-4-2-1-3-16(19)9-10-30(20)21(31)28-22-11-23(12-22,13-22)29-14-24(26,27)15-29/h1-8,20H,9-15H2,(H,28,31)/t20-,22?,23?/m0/s1. The number of urea groups is 1. The van der Waals surface area contributed by atoms with Crippen molar-refractivity contribution in [2.75, 3.05) is 19.6 Å². The zero-order valence-corrected chi connectivity index (χ0v) is 17.1. The molecule has 2 aliphatic heterocycles. The highest BCUT2D eigenvalue weighted by Gasteiger charge is 2.73. The summed E-state index contributed by atoms with van der Waals surface area (Å²) in [5.74, 6) is -2.87. The molecule has 3 saturated carbocycles. The molecule has 0 radical (unpaired) electrons. The molecule has 4 nitrogen and oxygen atoms in total. The predicted octanol–water partition coefficient (Wildman–Crippen LogP) is 4.11. The minimum Gasteiger partial charge on any atom is -0.332 e. The number of amides is 2. The van der Waals surface area contributed by atoms with Crippen molar-refractivity contribution in [3.8, 4) is 0 Å². The van der Waals surface area contributed by atoms with Gasteiger partial charge in [0.05, 0.1) is 19.1 Å². The Balaban J connectivity index is 1.20. The lowest BCUT2D eigenvalue weighted by Gasteiger charge is -2.75. The third kappa shape index (κ3) is 2.89. The van der Waals surface area contributed by atoms with Crippen molar-refractivity contribution in [3.05, 3.63) is 71.0 Å². The van der Waals surface area contributed by atoms with Crippen LogP contribution in [0.1, 0.15) is 42.0 Å². The summed E-state index contributed by atoms with van der Waals surface area (Å²) in [6.07, 6.45) is 3.00. The minimum absolute atomic E-state index is 0.133. The second kappa shape index (κ2) is 6.25. The molecule has 5 aliphatic rings. The summed E-state index contributed by atoms with van der Waals surface area (Å²) in [5.41, 5.74) is 2.73. The molecule has 1 N–H and O–H groups in total. The average Bonchev–Trinajstić information content (AvgIpc) is 2.67. The zero-order chi connectivity index (χ0) is 21.4. The van der Waals surface area contributed by atoms with Crippen molar-refractivity contribution in [1.29, 1.82) is 0 Å². The first-order valence-corrected chi connectivity index (χ1v) is 10.8. The van der Waals surface area contributed by atoms with Gasteiger partial charge in [-0.25, -0.2) is 18.0 Å². The first kappa shape index (κ1) is 19.2. The molecular weight excluding hydrogens is 403 g/mol. The van der Waals surface area contributed by atoms with E-state index in [-0.39, 0.29) is 42.1 Å². The number of alkyl halides is 2. The second-order valence-electron chi connectivity index (χ2n) is 9.77. The fourth-order valence-corrected chi connectivity index (χ4v) is 6.14. The molecule has 0 spiro atoms. The first-order chi connectivity index (χ1) is 14.8. The number of fused-ring (bicyclic) bond motifs is 1. The molecule has 162 valence electrons. The normalized spacial score (nSPS) is 32.9. The largest absolute Gasteiger partial charge is 0.332 e. The van der Waals surface area contributed by atoms with Gasteiger partial charge in [0.25, 0.3) is 5.92 Å². The number of rotatable bonds is 3. The van der Waals surface area contributed by atoms with Crippen LogP contribution in [0.5, 0.6) is 0 Å². The van der Waals surface area contributed by atoms with Crippen molar-refractivity contribution >= 4 is 6.03 Å². The van der Waals surface area contributed by atoms with E-state index < -0.39 is 5.92 Å². The number of halogens is 3. The van der Waals surface area contributed by atoms with Gasteiger partial charge >= 0.3 is 6.03 Å². The molecule has 7 heteroatoms. The van der Waals surface area contributed by atoms with Gasteiger partial charge in [-0.2, -0.15) is 0 Å². The Morgan fingerprint density at radius 1 is 1.00 bits per heavy atom. The number of hydrogen-bond donors (Lipinski definition) is 1. The highest BCUT2D eigenvalue weighted by molar-refractivity contribution is 5.78. The van der Waals surface area contributed by atoms with Gasteiger partial charge < -0.3 is 10.2 Å². The van der Waals surface area contributed by atoms with E-state index in [4.69, 9.17) is 0 Å². The summed E-state index contributed by atoms with van der Waals surface area (Å²) in [4.78, 5) is 17.1. The lowest BCUT2D eigenvalue weighted by atomic mass is 9.43. The third-order valence-electron chi connectivity index (χ3n) is 7.62. The van der Waals surface area contributed by atoms with Gasteiger partial charge in [0.2, 0.25) is 0 Å². The van der Waals surface area contributed by atoms with Crippen LogP contribution in [0.25, 0.3) is 0 Å². The molecule has 0 aromatic heterocycles. The maximum Gasteiger partial charge on any atom is 0.318 e. The van der Waals surface area contributed by atoms with E-state index in [1.807, 2.05) is 28.0 Å². The summed E-state index contributed by atoms with van der Waals surface area (Å²) in [6.45, 7) is 0.254. The summed E-state index contributed by atoms with van der Waals surface area (Å²) >= 11 is 0. The SMILES string of the molecule is O=C(NC12CC(N3CC(F)(F)C3)(C1)C2)N1CCc2ccccc2[C@@H]1c1ccc(F)cc1. The Labute approximate surface area is 179 Å². The van der Waals surface area contributed by atoms with Crippen molar-refractivity contribution in [3.63, 3.8) is 0 Å². The molecule has 1 atom stereocenters. The zero-order valence-electron chi connectivity index (χ0n) is 17.1. The van der Waals surface area contributed by atoms with Gasteiger partial charge in [0, 0.05) is 17.6 Å². The van der Waals surface area contributed by atoms with E-state index in [9.17, 15) is 18.0 Å². The molecule has 2 aromatic rings. The van der Waals surface area contributed by atoms with E-state index in [0.29, 0.717) is 6.54 Å². The molecule has 7 rings (SSSR count). The Bertz CT molecular complexity index is 1030. The number of nitrogens with zero attached hydrogens (tertiary/aromatic N) is 2. The number of nitrogens with one attached hydrogen (secondary N) is 1. The second-order valence-corrected chi connectivity index (χ2v) is 9.77. The molecule has 2 amide bonds. The summed E-state index contributed by atoms with van der Waals surface area (Å²) in [7, 11) is 0. The molecule has 0 unspecified atom stereocenters. The van der Waals surface area contributed by atoms with Crippen molar-refractivity contribution < 1.29 is 18.0 Å². The Morgan fingerprint density at radius 2 is 1.68 bits per heavy atom. The summed E-state index contributed by atoms with van der Waals surface area (Å²) in [5, 5.41) is 3.22. The minimum atomic E-state index is -2.56. The summed E-state index contributed by atoms with van der Waals surface area (Å²) in [6, 6.07) is 14.0. The predicted molar refractivity (Wildman–Crippen MR) is 109 cm³/mol. The van der Waals surface area contributed by atoms with Gasteiger partial charge in [0.15, 0.2) is 0 Å². The van der Waals surface area contributed by atoms with Gasteiger partial charge in [0.1, 0.15) is 5.82 Å². The lowest BCUT2D eigenvalue weighted by Crippen LogP contribution is -2.87. The fraction of sp³-hybridized carbons (Fsp3) is 0.458. The van der Waals surface area contributed by atoms with Crippen LogP contribution in [-0.4, -0.2) is 52.5 Å². The highest BCUT2D eigenvalue weighted by atomic mass is 19.3. The van der Waals surface area contributed by atoms with Crippen LogP contribution in [-0.2, 0) is 6.42 Å². The quantitative estimate of drug-likeness (QED) is 0.800. The lowest BCUT2D eigenvalue weighted by molar-refractivity contribution is -0.257. The molecule has 2 bridgehead atoms. The maximum absolute atomic E-state index is 13.5. The van der Waals surface area contributed by atoms with Gasteiger partial charge in [-0.05, 0) is 54.5 Å². The fourth-order valence-electron chi connectivity index (χ4n) is 6.14. The van der Waals surface area contributed by atoms with Crippen molar-refractivity contribution in [2.24, 2.45) is 0 Å². The molecule has 2 aromatic carbocycles. The summed E-state index contributed by atoms with van der Waals surface area (Å²) < 4.78 is 40.0. The van der Waals surface area contributed by atoms with Crippen LogP contribution in [0.15, 0.2) is 48.5 Å². The van der Waals surface area contributed by atoms with Gasteiger partial charge in [-0.15, -0.1) is 0 Å². The maximum atomic E-state index is 13.5. The molecule has 1 saturated heterocycles. The topological polar surface area (TPSA) is 35.6 Å². The molecule has 31 heavy (non-hydrogen) atoms. The van der Waals surface area contributed by atoms with Crippen LogP contribution in [0.4, 0.5) is 18.0 Å². The first-order valence-electron chi connectivity index (χ1n) is 10.8. The number of hydrogen-bond acceptors (Lipinski definition) is 2. The Kier molecular flexibility index (Phi) is 3.86. The van der Waals surface area contributed by atoms with E-state index >= 15 is 0 Å². The van der Waals surface area contributed by atoms with Gasteiger partial charge in [-0.3, -0.25) is 4.90 Å². The van der Waals surface area contributed by atoms with E-state index in [1.54, 1.807) is 12.1 Å². The number of carbonyl (C=O) groups is 1. The Hall–Kier alpha value is -2.54. The van der Waals surface area contributed by atoms with Crippen molar-refractivity contribution in [1.82, 2.24) is 15.1 Å². The van der Waals surface area contributed by atoms with Crippen LogP contribution in [0, 0.1) is 5.82 Å². The molecule has 3 aliphatic carbocycles. The van der Waals surface area contributed by atoms with E-state index in [0.717, 1.165) is 36.8 Å². The van der Waals surface area contributed by atoms with Crippen molar-refractivity contribution in [2.45, 2.75) is 48.7 Å². The van der Waals surface area contributed by atoms with Crippen LogP contribution < -0.4 is 5.32 Å². The highest BCUT2D eigenvalue weighted by Crippen LogP contribution is 2.65. The number of likely N-dealkylation sites (tertiary alicyclic amines) is 1. The van der Waals surface area contributed by atoms with Crippen LogP contribution >= 0.6 is 0 Å². The Morgan fingerprint density at radius 3 is 2.35 bits per heavy atom. The molecule has 2 heterocycles. The van der Waals surface area contributed by atoms with Crippen LogP contribution in [0.3, 0.4) is 0 Å². The van der Waals surface area contributed by atoms with Crippen LogP contribution in [0.2, 0.25) is 0 Å². The monoisotopic (exact) mass is 427 g/mol. The molecule has 4 fully saturated rings. The third-order valence-corrected chi connectivity index (χ3v) is 7.62. The van der Waals surface area contributed by atoms with Gasteiger partial charge in [-0.1, -0.05) is 36.4 Å². The average molecular weight is 427 g/mol. The molecular formula is C24H24F3N3O. The van der Waals surface area contributed by atoms with E-state index in [2.05, 4.69) is 11.4 Å².